The summed E-state index contributed by atoms with van der Waals surface area (Å²) in [6, 6.07) is 0. The van der Waals surface area contributed by atoms with Gasteiger partial charge in [0.25, 0.3) is 0 Å². The molecule has 0 radical (unpaired) electrons. The summed E-state index contributed by atoms with van der Waals surface area (Å²) in [4.78, 5) is 0. The minimum atomic E-state index is -1.34. The monoisotopic (exact) mass is 142 g/mol. The number of allylic oxidation sites excluding steroid dienone is 1. The molecule has 0 amide bonds. The van der Waals surface area contributed by atoms with Gasteiger partial charge in [-0.3, -0.25) is 0 Å². The molecule has 0 spiro atoms. The molecule has 0 aliphatic heterocycles. The van der Waals surface area contributed by atoms with Crippen molar-refractivity contribution in [3.8, 4) is 0 Å². The fourth-order valence-electron chi connectivity index (χ4n) is 1.02. The van der Waals surface area contributed by atoms with Gasteiger partial charge < -0.3 is 10.0 Å². The van der Waals surface area contributed by atoms with Crippen LogP contribution in [0.3, 0.4) is 0 Å². The van der Waals surface area contributed by atoms with Gasteiger partial charge in [0.05, 0.1) is 0 Å². The molecule has 10 heavy (non-hydrogen) atoms. The van der Waals surface area contributed by atoms with Crippen molar-refractivity contribution in [3.63, 3.8) is 0 Å². The van der Waals surface area contributed by atoms with Crippen LogP contribution in [0.1, 0.15) is 26.7 Å². The van der Waals surface area contributed by atoms with E-state index >= 15 is 0 Å². The quantitative estimate of drug-likeness (QED) is 0.574. The maximum Gasteiger partial charge on any atom is 0.483 e. The molecule has 0 unspecified atom stereocenters. The summed E-state index contributed by atoms with van der Waals surface area (Å²) in [6.07, 6.45) is 1.85. The van der Waals surface area contributed by atoms with Crippen molar-refractivity contribution in [3.05, 3.63) is 12.1 Å². The van der Waals surface area contributed by atoms with Crippen molar-refractivity contribution >= 4 is 7.12 Å². The molecule has 0 aliphatic rings. The molecule has 0 fully saturated rings. The van der Waals surface area contributed by atoms with Gasteiger partial charge in [-0.1, -0.05) is 26.7 Å². The SMILES string of the molecule is C=C(B(O)O)C(CC)CC. The molecule has 0 aliphatic carbocycles. The molecule has 2 nitrogen and oxygen atoms in total. The second-order valence-electron chi connectivity index (χ2n) is 2.46. The van der Waals surface area contributed by atoms with E-state index in [1.54, 1.807) is 0 Å². The summed E-state index contributed by atoms with van der Waals surface area (Å²) in [5.41, 5.74) is 0.532. The Morgan fingerprint density at radius 3 is 1.90 bits per heavy atom. The van der Waals surface area contributed by atoms with Crippen molar-refractivity contribution in [2.45, 2.75) is 26.7 Å². The Kier molecular flexibility index (Phi) is 4.40. The van der Waals surface area contributed by atoms with Gasteiger partial charge in [0, 0.05) is 0 Å². The second kappa shape index (κ2) is 4.53. The molecular weight excluding hydrogens is 127 g/mol. The molecule has 0 aromatic rings. The van der Waals surface area contributed by atoms with Crippen LogP contribution in [0.25, 0.3) is 0 Å². The second-order valence-corrected chi connectivity index (χ2v) is 2.46. The zero-order chi connectivity index (χ0) is 8.15. The Hall–Kier alpha value is -0.275. The Morgan fingerprint density at radius 2 is 1.80 bits per heavy atom. The average molecular weight is 142 g/mol. The molecule has 0 saturated heterocycles. The summed E-state index contributed by atoms with van der Waals surface area (Å²) < 4.78 is 0. The third-order valence-corrected chi connectivity index (χ3v) is 1.84. The molecule has 0 aromatic carbocycles. The molecule has 0 heterocycles. The maximum absolute atomic E-state index is 8.71. The predicted octanol–water partition coefficient (Wildman–Crippen LogP) is 0.991. The van der Waals surface area contributed by atoms with Crippen LogP contribution in [0.4, 0.5) is 0 Å². The molecule has 0 aromatic heterocycles. The van der Waals surface area contributed by atoms with Crippen molar-refractivity contribution in [2.75, 3.05) is 0 Å². The minimum absolute atomic E-state index is 0.250. The lowest BCUT2D eigenvalue weighted by molar-refractivity contribution is 0.405. The van der Waals surface area contributed by atoms with Gasteiger partial charge in [0.1, 0.15) is 0 Å². The highest BCUT2D eigenvalue weighted by Gasteiger charge is 2.18. The van der Waals surface area contributed by atoms with Crippen LogP contribution in [-0.2, 0) is 0 Å². The number of rotatable bonds is 4. The van der Waals surface area contributed by atoms with Crippen LogP contribution >= 0.6 is 0 Å². The standard InChI is InChI=1S/C7H15BO2/c1-4-7(5-2)6(3)8(9)10/h7,9-10H,3-5H2,1-2H3. The van der Waals surface area contributed by atoms with Crippen LogP contribution < -0.4 is 0 Å². The van der Waals surface area contributed by atoms with Crippen molar-refractivity contribution < 1.29 is 10.0 Å². The summed E-state index contributed by atoms with van der Waals surface area (Å²) in [5.74, 6) is 0.250. The number of hydrogen-bond donors (Lipinski definition) is 2. The maximum atomic E-state index is 8.71. The van der Waals surface area contributed by atoms with Crippen LogP contribution in [0.5, 0.6) is 0 Å². The van der Waals surface area contributed by atoms with E-state index in [2.05, 4.69) is 6.58 Å². The first-order valence-electron chi connectivity index (χ1n) is 3.68. The van der Waals surface area contributed by atoms with E-state index in [1.165, 1.54) is 0 Å². The molecule has 0 saturated carbocycles. The highest BCUT2D eigenvalue weighted by atomic mass is 16.4. The normalized spacial score (nSPS) is 10.1. The lowest BCUT2D eigenvalue weighted by atomic mass is 9.71. The van der Waals surface area contributed by atoms with Gasteiger partial charge in [-0.15, -0.1) is 6.58 Å². The zero-order valence-corrected chi connectivity index (χ0v) is 6.67. The molecular formula is C7H15BO2. The third kappa shape index (κ3) is 2.54. The topological polar surface area (TPSA) is 40.5 Å². The van der Waals surface area contributed by atoms with Gasteiger partial charge in [0.15, 0.2) is 0 Å². The van der Waals surface area contributed by atoms with Crippen molar-refractivity contribution in [1.29, 1.82) is 0 Å². The molecule has 58 valence electrons. The summed E-state index contributed by atoms with van der Waals surface area (Å²) >= 11 is 0. The first kappa shape index (κ1) is 9.72. The lowest BCUT2D eigenvalue weighted by Crippen LogP contribution is -2.20. The Balaban J connectivity index is 3.89. The highest BCUT2D eigenvalue weighted by Crippen LogP contribution is 2.17. The third-order valence-electron chi connectivity index (χ3n) is 1.84. The molecule has 0 bridgehead atoms. The predicted molar refractivity (Wildman–Crippen MR) is 43.4 cm³/mol. The van der Waals surface area contributed by atoms with E-state index in [4.69, 9.17) is 10.0 Å². The van der Waals surface area contributed by atoms with Gasteiger partial charge in [-0.05, 0) is 11.4 Å². The Morgan fingerprint density at radius 1 is 1.40 bits per heavy atom. The van der Waals surface area contributed by atoms with Crippen LogP contribution in [0.15, 0.2) is 12.1 Å². The fourth-order valence-corrected chi connectivity index (χ4v) is 1.02. The summed E-state index contributed by atoms with van der Waals surface area (Å²) in [5, 5.41) is 17.4. The largest absolute Gasteiger partial charge is 0.483 e. The van der Waals surface area contributed by atoms with E-state index in [1.807, 2.05) is 13.8 Å². The highest BCUT2D eigenvalue weighted by molar-refractivity contribution is 6.50. The van der Waals surface area contributed by atoms with Crippen LogP contribution in [-0.4, -0.2) is 17.2 Å². The Bertz CT molecular complexity index is 108. The molecule has 0 atom stereocenters. The Labute approximate surface area is 62.7 Å². The van der Waals surface area contributed by atoms with Gasteiger partial charge in [-0.2, -0.15) is 0 Å². The summed E-state index contributed by atoms with van der Waals surface area (Å²) in [7, 11) is -1.34. The van der Waals surface area contributed by atoms with E-state index in [0.29, 0.717) is 5.47 Å². The lowest BCUT2D eigenvalue weighted by Gasteiger charge is -2.13. The van der Waals surface area contributed by atoms with Crippen molar-refractivity contribution in [1.82, 2.24) is 0 Å². The van der Waals surface area contributed by atoms with Crippen molar-refractivity contribution in [2.24, 2.45) is 5.92 Å². The first-order valence-corrected chi connectivity index (χ1v) is 3.68. The van der Waals surface area contributed by atoms with E-state index in [0.717, 1.165) is 12.8 Å². The smallest absolute Gasteiger partial charge is 0.423 e. The van der Waals surface area contributed by atoms with E-state index < -0.39 is 7.12 Å². The van der Waals surface area contributed by atoms with Crippen LogP contribution in [0.2, 0.25) is 0 Å². The molecule has 2 N–H and O–H groups in total. The number of hydrogen-bond acceptors (Lipinski definition) is 2. The summed E-state index contributed by atoms with van der Waals surface area (Å²) in [6.45, 7) is 7.63. The fraction of sp³-hybridized carbons (Fsp3) is 0.714. The van der Waals surface area contributed by atoms with E-state index in [-0.39, 0.29) is 5.92 Å². The van der Waals surface area contributed by atoms with Gasteiger partial charge >= 0.3 is 7.12 Å². The first-order chi connectivity index (χ1) is 4.63. The average Bonchev–Trinajstić information content (AvgIpc) is 1.90. The van der Waals surface area contributed by atoms with Gasteiger partial charge in [0.2, 0.25) is 0 Å². The zero-order valence-electron chi connectivity index (χ0n) is 6.67. The minimum Gasteiger partial charge on any atom is -0.423 e. The van der Waals surface area contributed by atoms with E-state index in [9.17, 15) is 0 Å². The molecule has 0 rings (SSSR count). The van der Waals surface area contributed by atoms with Gasteiger partial charge in [-0.25, -0.2) is 0 Å². The molecule has 3 heteroatoms. The van der Waals surface area contributed by atoms with Crippen LogP contribution in [0, 0.1) is 5.92 Å².